The Morgan fingerprint density at radius 2 is 1.88 bits per heavy atom. The van der Waals surface area contributed by atoms with Gasteiger partial charge in [-0.25, -0.2) is 0 Å². The lowest BCUT2D eigenvalue weighted by Crippen LogP contribution is -2.18. The summed E-state index contributed by atoms with van der Waals surface area (Å²) in [4.78, 5) is 4.61. The first-order valence-corrected chi connectivity index (χ1v) is 8.58. The monoisotopic (exact) mass is 318 g/mol. The molecule has 3 aromatic rings. The van der Waals surface area contributed by atoms with Gasteiger partial charge in [0.05, 0.1) is 11.6 Å². The van der Waals surface area contributed by atoms with E-state index in [1.54, 1.807) is 0 Å². The third-order valence-corrected chi connectivity index (χ3v) is 4.74. The van der Waals surface area contributed by atoms with Gasteiger partial charge in [0.25, 0.3) is 0 Å². The molecule has 1 saturated heterocycles. The number of para-hydroxylation sites is 1. The van der Waals surface area contributed by atoms with Gasteiger partial charge in [-0.05, 0) is 31.0 Å². The molecule has 1 aromatic heterocycles. The van der Waals surface area contributed by atoms with E-state index in [1.807, 2.05) is 13.0 Å². The van der Waals surface area contributed by atoms with Gasteiger partial charge in [0.15, 0.2) is 0 Å². The van der Waals surface area contributed by atoms with Crippen LogP contribution >= 0.6 is 0 Å². The molecule has 4 rings (SSSR count). The van der Waals surface area contributed by atoms with Crippen molar-refractivity contribution in [3.05, 3.63) is 71.9 Å². The predicted octanol–water partition coefficient (Wildman–Crippen LogP) is 4.73. The van der Waals surface area contributed by atoms with Crippen LogP contribution in [-0.2, 0) is 4.74 Å². The molecular formula is C21H22N2O. The standard InChI is InChI=1S/C21H22N2O/c1-15-13-20(18-9-5-6-10-19(18)23-15)22-14-17-11-12-24-21(17)16-7-3-2-4-8-16/h2-10,13,17,21H,11-12,14H2,1H3,(H,22,23). The van der Waals surface area contributed by atoms with E-state index in [2.05, 4.69) is 64.9 Å². The van der Waals surface area contributed by atoms with Gasteiger partial charge in [-0.1, -0.05) is 48.5 Å². The fraction of sp³-hybridized carbons (Fsp3) is 0.286. The molecule has 24 heavy (non-hydrogen) atoms. The summed E-state index contributed by atoms with van der Waals surface area (Å²) < 4.78 is 6.00. The first kappa shape index (κ1) is 15.2. The number of aromatic nitrogens is 1. The Balaban J connectivity index is 1.55. The number of ether oxygens (including phenoxy) is 1. The van der Waals surface area contributed by atoms with Crippen molar-refractivity contribution in [1.82, 2.24) is 4.98 Å². The van der Waals surface area contributed by atoms with Crippen LogP contribution in [0.3, 0.4) is 0 Å². The molecule has 0 bridgehead atoms. The average molecular weight is 318 g/mol. The number of aryl methyl sites for hydroxylation is 1. The van der Waals surface area contributed by atoms with Crippen molar-refractivity contribution in [2.75, 3.05) is 18.5 Å². The summed E-state index contributed by atoms with van der Waals surface area (Å²) in [7, 11) is 0. The number of rotatable bonds is 4. The molecule has 1 aliphatic heterocycles. The molecular weight excluding hydrogens is 296 g/mol. The third-order valence-electron chi connectivity index (χ3n) is 4.74. The highest BCUT2D eigenvalue weighted by Crippen LogP contribution is 2.35. The van der Waals surface area contributed by atoms with E-state index in [0.717, 1.165) is 36.5 Å². The van der Waals surface area contributed by atoms with Gasteiger partial charge in [-0.15, -0.1) is 0 Å². The summed E-state index contributed by atoms with van der Waals surface area (Å²) >= 11 is 0. The van der Waals surface area contributed by atoms with Crippen molar-refractivity contribution >= 4 is 16.6 Å². The van der Waals surface area contributed by atoms with Crippen LogP contribution in [0, 0.1) is 12.8 Å². The summed E-state index contributed by atoms with van der Waals surface area (Å²) in [5.41, 5.74) is 4.52. The Morgan fingerprint density at radius 3 is 2.75 bits per heavy atom. The Hall–Kier alpha value is -2.39. The number of nitrogens with one attached hydrogen (secondary N) is 1. The highest BCUT2D eigenvalue weighted by atomic mass is 16.5. The normalized spacial score (nSPS) is 20.4. The maximum absolute atomic E-state index is 6.00. The van der Waals surface area contributed by atoms with Gasteiger partial charge in [0.1, 0.15) is 0 Å². The smallest absolute Gasteiger partial charge is 0.0870 e. The molecule has 1 aliphatic rings. The predicted molar refractivity (Wildman–Crippen MR) is 98.2 cm³/mol. The van der Waals surface area contributed by atoms with Crippen LogP contribution in [0.25, 0.3) is 10.9 Å². The topological polar surface area (TPSA) is 34.1 Å². The zero-order valence-electron chi connectivity index (χ0n) is 13.9. The van der Waals surface area contributed by atoms with Gasteiger partial charge in [0.2, 0.25) is 0 Å². The van der Waals surface area contributed by atoms with Crippen LogP contribution in [0.2, 0.25) is 0 Å². The van der Waals surface area contributed by atoms with Gasteiger partial charge in [-0.2, -0.15) is 0 Å². The largest absolute Gasteiger partial charge is 0.384 e. The lowest BCUT2D eigenvalue weighted by Gasteiger charge is -2.20. The number of fused-ring (bicyclic) bond motifs is 1. The fourth-order valence-corrected chi connectivity index (χ4v) is 3.55. The Morgan fingerprint density at radius 1 is 1.08 bits per heavy atom. The zero-order chi connectivity index (χ0) is 16.4. The van der Waals surface area contributed by atoms with E-state index in [4.69, 9.17) is 4.74 Å². The molecule has 1 fully saturated rings. The Bertz CT molecular complexity index is 832. The molecule has 122 valence electrons. The second kappa shape index (κ2) is 6.62. The summed E-state index contributed by atoms with van der Waals surface area (Å²) in [6.45, 7) is 3.79. The summed E-state index contributed by atoms with van der Waals surface area (Å²) in [6.07, 6.45) is 1.28. The maximum atomic E-state index is 6.00. The van der Waals surface area contributed by atoms with Crippen LogP contribution in [0.15, 0.2) is 60.7 Å². The van der Waals surface area contributed by atoms with Gasteiger partial charge in [0, 0.05) is 35.8 Å². The molecule has 0 spiro atoms. The molecule has 2 heterocycles. The molecule has 1 N–H and O–H groups in total. The maximum Gasteiger partial charge on any atom is 0.0870 e. The van der Waals surface area contributed by atoms with E-state index < -0.39 is 0 Å². The Kier molecular flexibility index (Phi) is 4.18. The lowest BCUT2D eigenvalue weighted by atomic mass is 9.95. The second-order valence-corrected chi connectivity index (χ2v) is 6.46. The molecule has 3 heteroatoms. The third kappa shape index (κ3) is 3.00. The SMILES string of the molecule is Cc1cc(NCC2CCOC2c2ccccc2)c2ccccc2n1. The first-order chi connectivity index (χ1) is 11.8. The average Bonchev–Trinajstić information content (AvgIpc) is 3.09. The summed E-state index contributed by atoms with van der Waals surface area (Å²) in [5.74, 6) is 0.486. The number of pyridine rings is 1. The highest BCUT2D eigenvalue weighted by Gasteiger charge is 2.29. The van der Waals surface area contributed by atoms with Crippen LogP contribution in [0.4, 0.5) is 5.69 Å². The van der Waals surface area contributed by atoms with E-state index in [1.165, 1.54) is 10.9 Å². The number of hydrogen-bond acceptors (Lipinski definition) is 3. The van der Waals surface area contributed by atoms with Crippen molar-refractivity contribution in [3.8, 4) is 0 Å². The lowest BCUT2D eigenvalue weighted by molar-refractivity contribution is 0.0933. The molecule has 3 nitrogen and oxygen atoms in total. The molecule has 2 atom stereocenters. The van der Waals surface area contributed by atoms with Gasteiger partial charge >= 0.3 is 0 Å². The van der Waals surface area contributed by atoms with E-state index in [9.17, 15) is 0 Å². The Labute approximate surface area is 142 Å². The number of benzene rings is 2. The molecule has 0 radical (unpaired) electrons. The fourth-order valence-electron chi connectivity index (χ4n) is 3.55. The number of anilines is 1. The van der Waals surface area contributed by atoms with Crippen LogP contribution in [-0.4, -0.2) is 18.1 Å². The van der Waals surface area contributed by atoms with Gasteiger partial charge < -0.3 is 10.1 Å². The van der Waals surface area contributed by atoms with Crippen molar-refractivity contribution in [3.63, 3.8) is 0 Å². The van der Waals surface area contributed by atoms with E-state index >= 15 is 0 Å². The van der Waals surface area contributed by atoms with Crippen molar-refractivity contribution < 1.29 is 4.74 Å². The minimum atomic E-state index is 0.188. The van der Waals surface area contributed by atoms with Crippen molar-refractivity contribution in [2.45, 2.75) is 19.4 Å². The van der Waals surface area contributed by atoms with E-state index in [-0.39, 0.29) is 6.10 Å². The molecule has 0 amide bonds. The van der Waals surface area contributed by atoms with E-state index in [0.29, 0.717) is 5.92 Å². The molecule has 0 saturated carbocycles. The summed E-state index contributed by atoms with van der Waals surface area (Å²) in [5, 5.41) is 4.83. The van der Waals surface area contributed by atoms with Crippen LogP contribution < -0.4 is 5.32 Å². The molecule has 2 aromatic carbocycles. The van der Waals surface area contributed by atoms with Crippen molar-refractivity contribution in [1.29, 1.82) is 0 Å². The zero-order valence-corrected chi connectivity index (χ0v) is 13.9. The molecule has 2 unspecified atom stereocenters. The van der Waals surface area contributed by atoms with Crippen LogP contribution in [0.1, 0.15) is 23.8 Å². The van der Waals surface area contributed by atoms with Gasteiger partial charge in [-0.3, -0.25) is 4.98 Å². The minimum Gasteiger partial charge on any atom is -0.384 e. The highest BCUT2D eigenvalue weighted by molar-refractivity contribution is 5.91. The second-order valence-electron chi connectivity index (χ2n) is 6.46. The minimum absolute atomic E-state index is 0.188. The summed E-state index contributed by atoms with van der Waals surface area (Å²) in [6, 6.07) is 21.0. The quantitative estimate of drug-likeness (QED) is 0.755. The number of hydrogen-bond donors (Lipinski definition) is 1. The molecule has 0 aliphatic carbocycles. The first-order valence-electron chi connectivity index (χ1n) is 8.58. The van der Waals surface area contributed by atoms with Crippen molar-refractivity contribution in [2.24, 2.45) is 5.92 Å². The number of nitrogens with zero attached hydrogens (tertiary/aromatic N) is 1. The van der Waals surface area contributed by atoms with Crippen LogP contribution in [0.5, 0.6) is 0 Å².